The molecule has 0 fully saturated rings. The summed E-state index contributed by atoms with van der Waals surface area (Å²) in [5.74, 6) is 0.290. The fourth-order valence-electron chi connectivity index (χ4n) is 4.36. The Hall–Kier alpha value is -4.60. The van der Waals surface area contributed by atoms with Crippen LogP contribution in [0, 0.1) is 0 Å². The largest absolute Gasteiger partial charge is 0.494 e. The summed E-state index contributed by atoms with van der Waals surface area (Å²) < 4.78 is 17.5. The van der Waals surface area contributed by atoms with Crippen molar-refractivity contribution in [3.05, 3.63) is 111 Å². The molecule has 0 aliphatic heterocycles. The summed E-state index contributed by atoms with van der Waals surface area (Å²) in [4.78, 5) is 29.1. The van der Waals surface area contributed by atoms with E-state index in [0.717, 1.165) is 15.4 Å². The third-order valence-electron chi connectivity index (χ3n) is 6.30. The summed E-state index contributed by atoms with van der Waals surface area (Å²) in [5.41, 5.74) is 5.99. The molecule has 0 saturated heterocycles. The molecule has 0 bridgehead atoms. The molecule has 0 aliphatic rings. The molecular formula is C32H25BrClN3O5. The van der Waals surface area contributed by atoms with Gasteiger partial charge < -0.3 is 19.2 Å². The normalized spacial score (nSPS) is 11.0. The smallest absolute Gasteiger partial charge is 0.343 e. The maximum Gasteiger partial charge on any atom is 0.343 e. The molecule has 8 nitrogen and oxygen atoms in total. The molecule has 1 amide bonds. The van der Waals surface area contributed by atoms with Crippen LogP contribution in [0.2, 0.25) is 5.02 Å². The minimum atomic E-state index is -0.518. The Morgan fingerprint density at radius 2 is 1.79 bits per heavy atom. The molecule has 4 aromatic carbocycles. The van der Waals surface area contributed by atoms with Crippen molar-refractivity contribution in [1.82, 2.24) is 10.4 Å². The zero-order valence-corrected chi connectivity index (χ0v) is 25.0. The number of esters is 1. The van der Waals surface area contributed by atoms with Gasteiger partial charge in [0.25, 0.3) is 5.91 Å². The summed E-state index contributed by atoms with van der Waals surface area (Å²) in [6, 6.07) is 24.7. The molecule has 1 heterocycles. The lowest BCUT2D eigenvalue weighted by molar-refractivity contribution is 0.0729. The Kier molecular flexibility index (Phi) is 8.90. The van der Waals surface area contributed by atoms with E-state index in [2.05, 4.69) is 31.4 Å². The first kappa shape index (κ1) is 28.9. The van der Waals surface area contributed by atoms with Crippen molar-refractivity contribution in [2.24, 2.45) is 5.10 Å². The molecule has 0 spiro atoms. The van der Waals surface area contributed by atoms with Gasteiger partial charge >= 0.3 is 5.97 Å². The van der Waals surface area contributed by atoms with Crippen LogP contribution in [0.25, 0.3) is 22.0 Å². The van der Waals surface area contributed by atoms with E-state index in [1.54, 1.807) is 48.5 Å². The van der Waals surface area contributed by atoms with E-state index in [9.17, 15) is 9.59 Å². The van der Waals surface area contributed by atoms with E-state index in [1.165, 1.54) is 13.3 Å². The second kappa shape index (κ2) is 12.9. The highest BCUT2D eigenvalue weighted by molar-refractivity contribution is 9.10. The number of rotatable bonds is 9. The molecular weight excluding hydrogens is 622 g/mol. The van der Waals surface area contributed by atoms with Gasteiger partial charge in [-0.3, -0.25) is 4.79 Å². The zero-order valence-electron chi connectivity index (χ0n) is 22.6. The molecule has 0 atom stereocenters. The third kappa shape index (κ3) is 6.32. The number of halogens is 2. The van der Waals surface area contributed by atoms with Gasteiger partial charge in [0.1, 0.15) is 11.4 Å². The summed E-state index contributed by atoms with van der Waals surface area (Å²) in [6.45, 7) is 2.42. The van der Waals surface area contributed by atoms with Crippen molar-refractivity contribution in [1.29, 1.82) is 0 Å². The number of amides is 1. The van der Waals surface area contributed by atoms with Gasteiger partial charge in [-0.05, 0) is 79.2 Å². The maximum atomic E-state index is 13.4. The van der Waals surface area contributed by atoms with Crippen LogP contribution in [0.4, 0.5) is 0 Å². The van der Waals surface area contributed by atoms with Crippen LogP contribution in [0.15, 0.2) is 94.5 Å². The van der Waals surface area contributed by atoms with Gasteiger partial charge in [-0.2, -0.15) is 5.10 Å². The van der Waals surface area contributed by atoms with E-state index in [1.807, 2.05) is 43.3 Å². The van der Waals surface area contributed by atoms with Gasteiger partial charge in [0.05, 0.1) is 25.5 Å². The maximum absolute atomic E-state index is 13.4. The third-order valence-corrected chi connectivity index (χ3v) is 7.16. The minimum Gasteiger partial charge on any atom is -0.494 e. The van der Waals surface area contributed by atoms with Gasteiger partial charge in [-0.1, -0.05) is 45.7 Å². The van der Waals surface area contributed by atoms with Crippen molar-refractivity contribution in [3.63, 3.8) is 0 Å². The molecule has 1 aromatic heterocycles. The van der Waals surface area contributed by atoms with Crippen molar-refractivity contribution in [2.45, 2.75) is 6.92 Å². The first-order valence-electron chi connectivity index (χ1n) is 12.9. The van der Waals surface area contributed by atoms with Crippen LogP contribution in [0.5, 0.6) is 17.2 Å². The van der Waals surface area contributed by atoms with E-state index in [0.29, 0.717) is 51.1 Å². The standard InChI is InChI=1S/C32H25BrClN3O5/c1-3-41-22-13-14-26-24(17-22)29(23-6-4-5-7-25(23)34)30(36-26)31(38)37-35-18-19-8-15-27(28(16-19)40-2)42-32(39)20-9-11-21(33)12-10-20/h4-18,36H,3H2,1-2H3,(H,37,38). The number of ether oxygens (including phenoxy) is 3. The van der Waals surface area contributed by atoms with E-state index in [-0.39, 0.29) is 5.75 Å². The number of hydrazone groups is 1. The number of methoxy groups -OCH3 is 1. The van der Waals surface area contributed by atoms with Crippen LogP contribution in [0.1, 0.15) is 33.3 Å². The Balaban J connectivity index is 1.37. The number of aromatic amines is 1. The van der Waals surface area contributed by atoms with Gasteiger partial charge in [0, 0.05) is 31.5 Å². The second-order valence-electron chi connectivity index (χ2n) is 9.00. The first-order valence-corrected chi connectivity index (χ1v) is 14.1. The topological polar surface area (TPSA) is 102 Å². The van der Waals surface area contributed by atoms with Gasteiger partial charge in [0.15, 0.2) is 11.5 Å². The highest BCUT2D eigenvalue weighted by Crippen LogP contribution is 2.38. The number of hydrogen-bond acceptors (Lipinski definition) is 6. The molecule has 0 aliphatic carbocycles. The number of carbonyl (C=O) groups is 2. The van der Waals surface area contributed by atoms with Crippen LogP contribution in [0.3, 0.4) is 0 Å². The van der Waals surface area contributed by atoms with Crippen molar-refractivity contribution in [2.75, 3.05) is 13.7 Å². The van der Waals surface area contributed by atoms with E-state index >= 15 is 0 Å². The highest BCUT2D eigenvalue weighted by Gasteiger charge is 2.21. The number of fused-ring (bicyclic) bond motifs is 1. The average Bonchev–Trinajstić information content (AvgIpc) is 3.37. The Morgan fingerprint density at radius 3 is 2.52 bits per heavy atom. The number of hydrogen-bond donors (Lipinski definition) is 2. The molecule has 0 saturated carbocycles. The van der Waals surface area contributed by atoms with Crippen molar-refractivity contribution in [3.8, 4) is 28.4 Å². The molecule has 0 radical (unpaired) electrons. The molecule has 5 rings (SSSR count). The van der Waals surface area contributed by atoms with Gasteiger partial charge in [-0.15, -0.1) is 0 Å². The molecule has 0 unspecified atom stereocenters. The quantitative estimate of drug-likeness (QED) is 0.0742. The fourth-order valence-corrected chi connectivity index (χ4v) is 4.85. The van der Waals surface area contributed by atoms with Crippen molar-refractivity contribution >= 4 is 56.5 Å². The average molecular weight is 647 g/mol. The minimum absolute atomic E-state index is 0.250. The van der Waals surface area contributed by atoms with Gasteiger partial charge in [0.2, 0.25) is 0 Å². The van der Waals surface area contributed by atoms with Gasteiger partial charge in [-0.25, -0.2) is 10.2 Å². The van der Waals surface area contributed by atoms with Crippen LogP contribution in [-0.2, 0) is 0 Å². The predicted octanol–water partition coefficient (Wildman–Crippen LogP) is 7.64. The number of H-pyrrole nitrogens is 1. The lowest BCUT2D eigenvalue weighted by Gasteiger charge is -2.10. The SMILES string of the molecule is CCOc1ccc2[nH]c(C(=O)NN=Cc3ccc(OC(=O)c4ccc(Br)cc4)c(OC)c3)c(-c3ccccc3Cl)c2c1. The lowest BCUT2D eigenvalue weighted by atomic mass is 10.0. The van der Waals surface area contributed by atoms with E-state index in [4.69, 9.17) is 25.8 Å². The molecule has 5 aromatic rings. The second-order valence-corrected chi connectivity index (χ2v) is 10.3. The zero-order chi connectivity index (χ0) is 29.6. The van der Waals surface area contributed by atoms with Crippen LogP contribution in [-0.4, -0.2) is 36.8 Å². The highest BCUT2D eigenvalue weighted by atomic mass is 79.9. The first-order chi connectivity index (χ1) is 20.4. The van der Waals surface area contributed by atoms with Crippen molar-refractivity contribution < 1.29 is 23.8 Å². The number of carbonyl (C=O) groups excluding carboxylic acids is 2. The molecule has 212 valence electrons. The summed E-state index contributed by atoms with van der Waals surface area (Å²) in [7, 11) is 1.47. The Morgan fingerprint density at radius 1 is 1.00 bits per heavy atom. The van der Waals surface area contributed by atoms with E-state index < -0.39 is 11.9 Å². The Bertz CT molecular complexity index is 1800. The van der Waals surface area contributed by atoms with Crippen LogP contribution >= 0.6 is 27.5 Å². The summed E-state index contributed by atoms with van der Waals surface area (Å²) >= 11 is 9.89. The summed E-state index contributed by atoms with van der Waals surface area (Å²) in [6.07, 6.45) is 1.46. The Labute approximate surface area is 255 Å². The number of benzene rings is 4. The molecule has 42 heavy (non-hydrogen) atoms. The summed E-state index contributed by atoms with van der Waals surface area (Å²) in [5, 5.41) is 5.44. The number of nitrogens with one attached hydrogen (secondary N) is 2. The molecule has 2 N–H and O–H groups in total. The fraction of sp³-hybridized carbons (Fsp3) is 0.0938. The molecule has 10 heteroatoms. The lowest BCUT2D eigenvalue weighted by Crippen LogP contribution is -2.19. The van der Waals surface area contributed by atoms with Crippen LogP contribution < -0.4 is 19.6 Å². The number of aromatic nitrogens is 1. The number of nitrogens with zero attached hydrogens (tertiary/aromatic N) is 1. The monoisotopic (exact) mass is 645 g/mol. The predicted molar refractivity (Wildman–Crippen MR) is 167 cm³/mol.